The molecule has 0 aliphatic carbocycles. The molecule has 0 amide bonds. The summed E-state index contributed by atoms with van der Waals surface area (Å²) in [5.74, 6) is 0.350. The Bertz CT molecular complexity index is 131. The summed E-state index contributed by atoms with van der Waals surface area (Å²) in [4.78, 5) is 0. The minimum atomic E-state index is -0.549. The zero-order valence-corrected chi connectivity index (χ0v) is 8.79. The number of hydrogen-bond donors (Lipinski definition) is 1. The van der Waals surface area contributed by atoms with Crippen LogP contribution in [-0.2, 0) is 4.65 Å². The van der Waals surface area contributed by atoms with Gasteiger partial charge in [-0.1, -0.05) is 8.73 Å². The van der Waals surface area contributed by atoms with Crippen molar-refractivity contribution in [3.63, 3.8) is 0 Å². The van der Waals surface area contributed by atoms with Gasteiger partial charge in [0.05, 0.1) is 0 Å². The van der Waals surface area contributed by atoms with Crippen LogP contribution in [0.2, 0.25) is 5.82 Å². The van der Waals surface area contributed by atoms with Gasteiger partial charge in [0.2, 0.25) is 0 Å². The van der Waals surface area contributed by atoms with Crippen LogP contribution < -0.4 is 0 Å². The van der Waals surface area contributed by atoms with Crippen LogP contribution >= 0.6 is 8.73 Å². The van der Waals surface area contributed by atoms with E-state index in [-0.39, 0.29) is 0 Å². The molecule has 1 saturated heterocycles. The van der Waals surface area contributed by atoms with Crippen LogP contribution in [0.3, 0.4) is 0 Å². The highest BCUT2D eigenvalue weighted by Gasteiger charge is 2.29. The van der Waals surface area contributed by atoms with E-state index >= 15 is 0 Å². The Kier molecular flexibility index (Phi) is 4.51. The Balaban J connectivity index is 2.25. The zero-order chi connectivity index (χ0) is 8.97. The van der Waals surface area contributed by atoms with Gasteiger partial charge in [-0.05, 0) is 25.3 Å². The van der Waals surface area contributed by atoms with Gasteiger partial charge >= 0.3 is 7.12 Å². The van der Waals surface area contributed by atoms with E-state index in [2.05, 4.69) is 11.3 Å². The fourth-order valence-electron chi connectivity index (χ4n) is 1.60. The molecule has 1 atom stereocenters. The van der Waals surface area contributed by atoms with Gasteiger partial charge in [0, 0.05) is 20.2 Å². The average molecular weight is 189 g/mol. The largest absolute Gasteiger partial charge is 0.457 e. The Morgan fingerprint density at radius 2 is 2.08 bits per heavy atom. The Morgan fingerprint density at radius 3 is 2.50 bits per heavy atom. The van der Waals surface area contributed by atoms with Gasteiger partial charge < -0.3 is 9.68 Å². The molecular formula is C7H17BNO2P. The monoisotopic (exact) mass is 189 g/mol. The van der Waals surface area contributed by atoms with Crippen molar-refractivity contribution in [1.29, 1.82) is 0 Å². The molecule has 1 unspecified atom stereocenters. The molecule has 3 nitrogen and oxygen atoms in total. The molecule has 0 aromatic heterocycles. The smallest absolute Gasteiger partial charge is 0.427 e. The first-order chi connectivity index (χ1) is 5.77. The van der Waals surface area contributed by atoms with Crippen molar-refractivity contribution in [3.05, 3.63) is 0 Å². The van der Waals surface area contributed by atoms with Gasteiger partial charge in [-0.3, -0.25) is 4.67 Å². The van der Waals surface area contributed by atoms with E-state index in [1.807, 2.05) is 0 Å². The Morgan fingerprint density at radius 1 is 1.50 bits per heavy atom. The molecule has 0 aromatic carbocycles. The van der Waals surface area contributed by atoms with E-state index in [9.17, 15) is 5.02 Å². The molecule has 1 aliphatic rings. The summed E-state index contributed by atoms with van der Waals surface area (Å²) in [6, 6.07) is 0. The van der Waals surface area contributed by atoms with Crippen LogP contribution in [0.25, 0.3) is 0 Å². The van der Waals surface area contributed by atoms with Crippen LogP contribution in [0.4, 0.5) is 0 Å². The molecule has 0 aromatic rings. The summed E-state index contributed by atoms with van der Waals surface area (Å²) in [5, 5.41) is 9.40. The van der Waals surface area contributed by atoms with Gasteiger partial charge in [-0.2, -0.15) is 0 Å². The minimum absolute atomic E-state index is 0.350. The van der Waals surface area contributed by atoms with E-state index in [4.69, 9.17) is 4.65 Å². The predicted molar refractivity (Wildman–Crippen MR) is 53.8 cm³/mol. The van der Waals surface area contributed by atoms with E-state index < -0.39 is 7.12 Å². The highest BCUT2D eigenvalue weighted by atomic mass is 31.1. The van der Waals surface area contributed by atoms with Gasteiger partial charge in [0.25, 0.3) is 0 Å². The van der Waals surface area contributed by atoms with Gasteiger partial charge in [0.1, 0.15) is 0 Å². The normalized spacial score (nSPS) is 22.2. The average Bonchev–Trinajstić information content (AvgIpc) is 2.17. The van der Waals surface area contributed by atoms with Crippen molar-refractivity contribution < 1.29 is 9.68 Å². The second-order valence-electron chi connectivity index (χ2n) is 3.17. The summed E-state index contributed by atoms with van der Waals surface area (Å²) >= 11 is 0. The second-order valence-corrected chi connectivity index (χ2v) is 4.25. The standard InChI is InChI=1S/C7H17BNO2P/c1-11-8(10)7-3-5-9(12-2)6-4-7/h7,10,12H,3-6H2,1-2H3. The number of nitrogens with zero attached hydrogens (tertiary/aromatic N) is 1. The lowest BCUT2D eigenvalue weighted by atomic mass is 9.67. The van der Waals surface area contributed by atoms with E-state index in [0.717, 1.165) is 34.7 Å². The third-order valence-corrected chi connectivity index (χ3v) is 3.58. The van der Waals surface area contributed by atoms with Crippen molar-refractivity contribution in [2.45, 2.75) is 18.7 Å². The highest BCUT2D eigenvalue weighted by Crippen LogP contribution is 2.29. The third-order valence-electron chi connectivity index (χ3n) is 2.50. The van der Waals surface area contributed by atoms with Gasteiger partial charge in [-0.15, -0.1) is 0 Å². The van der Waals surface area contributed by atoms with E-state index in [1.165, 1.54) is 0 Å². The molecule has 1 aliphatic heterocycles. The molecule has 70 valence electrons. The highest BCUT2D eigenvalue weighted by molar-refractivity contribution is 7.34. The fraction of sp³-hybridized carbons (Fsp3) is 1.00. The lowest BCUT2D eigenvalue weighted by Crippen LogP contribution is -2.33. The maximum absolute atomic E-state index is 9.40. The molecule has 0 spiro atoms. The summed E-state index contributed by atoms with van der Waals surface area (Å²) in [5.41, 5.74) is 0. The molecule has 5 heteroatoms. The first-order valence-corrected chi connectivity index (χ1v) is 5.86. The summed E-state index contributed by atoms with van der Waals surface area (Å²) < 4.78 is 7.33. The number of piperidine rings is 1. The van der Waals surface area contributed by atoms with Crippen LogP contribution in [-0.4, -0.2) is 43.7 Å². The molecule has 12 heavy (non-hydrogen) atoms. The number of hydrogen-bond acceptors (Lipinski definition) is 3. The van der Waals surface area contributed by atoms with Gasteiger partial charge in [-0.25, -0.2) is 0 Å². The molecule has 1 rings (SSSR count). The minimum Gasteiger partial charge on any atom is -0.427 e. The van der Waals surface area contributed by atoms with Crippen LogP contribution in [0.5, 0.6) is 0 Å². The van der Waals surface area contributed by atoms with Crippen LogP contribution in [0.15, 0.2) is 0 Å². The first kappa shape index (κ1) is 10.5. The van der Waals surface area contributed by atoms with E-state index in [1.54, 1.807) is 7.11 Å². The predicted octanol–water partition coefficient (Wildman–Crippen LogP) is 0.803. The SMILES string of the molecule is COB(O)C1CCN(PC)CC1. The first-order valence-electron chi connectivity index (χ1n) is 4.41. The Labute approximate surface area is 76.5 Å². The topological polar surface area (TPSA) is 32.7 Å². The van der Waals surface area contributed by atoms with Crippen molar-refractivity contribution in [2.75, 3.05) is 26.9 Å². The summed E-state index contributed by atoms with van der Waals surface area (Å²) in [7, 11) is 1.92. The maximum atomic E-state index is 9.40. The summed E-state index contributed by atoms with van der Waals surface area (Å²) in [6.07, 6.45) is 2.13. The second kappa shape index (κ2) is 5.18. The van der Waals surface area contributed by atoms with Gasteiger partial charge in [0.15, 0.2) is 0 Å². The third kappa shape index (κ3) is 2.70. The molecule has 1 N–H and O–H groups in total. The van der Waals surface area contributed by atoms with Crippen LogP contribution in [0, 0.1) is 0 Å². The maximum Gasteiger partial charge on any atom is 0.457 e. The molecule has 0 bridgehead atoms. The molecule has 1 heterocycles. The quantitative estimate of drug-likeness (QED) is 0.526. The van der Waals surface area contributed by atoms with Crippen molar-refractivity contribution >= 4 is 15.8 Å². The lowest BCUT2D eigenvalue weighted by molar-refractivity contribution is 0.277. The fourth-order valence-corrected chi connectivity index (χ4v) is 2.31. The van der Waals surface area contributed by atoms with Crippen molar-refractivity contribution in [1.82, 2.24) is 4.67 Å². The molecule has 1 fully saturated rings. The molecular weight excluding hydrogens is 172 g/mol. The van der Waals surface area contributed by atoms with Crippen molar-refractivity contribution in [2.24, 2.45) is 0 Å². The zero-order valence-electron chi connectivity index (χ0n) is 7.79. The number of rotatable bonds is 3. The van der Waals surface area contributed by atoms with E-state index in [0.29, 0.717) is 5.82 Å². The van der Waals surface area contributed by atoms with Crippen LogP contribution in [0.1, 0.15) is 12.8 Å². The summed E-state index contributed by atoms with van der Waals surface area (Å²) in [6.45, 7) is 4.42. The van der Waals surface area contributed by atoms with Crippen molar-refractivity contribution in [3.8, 4) is 0 Å². The molecule has 0 saturated carbocycles. The lowest BCUT2D eigenvalue weighted by Gasteiger charge is -2.30. The molecule has 0 radical (unpaired) electrons. The Hall–Kier alpha value is 0.375.